The number of nitrogens with one attached hydrogen (secondary N) is 2. The highest BCUT2D eigenvalue weighted by atomic mass is 35.5. The molecule has 1 aromatic carbocycles. The quantitative estimate of drug-likeness (QED) is 0.746. The van der Waals surface area contributed by atoms with E-state index in [0.717, 1.165) is 23.6 Å². The summed E-state index contributed by atoms with van der Waals surface area (Å²) in [6, 6.07) is 7.81. The normalized spacial score (nSPS) is 16.0. The second-order valence-corrected chi connectivity index (χ2v) is 6.30. The molecule has 1 unspecified atom stereocenters. The summed E-state index contributed by atoms with van der Waals surface area (Å²) in [6.07, 6.45) is 8.30. The van der Waals surface area contributed by atoms with Crippen molar-refractivity contribution in [3.8, 4) is 0 Å². The predicted octanol–water partition coefficient (Wildman–Crippen LogP) is 4.00. The molecule has 0 aromatic heterocycles. The molecule has 0 aliphatic heterocycles. The van der Waals surface area contributed by atoms with E-state index in [9.17, 15) is 4.79 Å². The van der Waals surface area contributed by atoms with Crippen LogP contribution in [-0.4, -0.2) is 19.0 Å². The molecule has 1 aliphatic rings. The van der Waals surface area contributed by atoms with Gasteiger partial charge in [0, 0.05) is 17.6 Å². The molecule has 0 spiro atoms. The average Bonchev–Trinajstić information content (AvgIpc) is 2.53. The van der Waals surface area contributed by atoms with E-state index in [1.807, 2.05) is 31.2 Å². The lowest BCUT2D eigenvalue weighted by Crippen LogP contribution is -2.35. The van der Waals surface area contributed by atoms with Crippen molar-refractivity contribution >= 4 is 17.5 Å². The molecule has 0 bridgehead atoms. The number of benzene rings is 1. The molecule has 120 valence electrons. The van der Waals surface area contributed by atoms with Gasteiger partial charge in [0.05, 0.1) is 6.54 Å². The molecule has 4 heteroatoms. The number of carbonyl (C=O) groups is 1. The molecular weight excluding hydrogens is 296 g/mol. The van der Waals surface area contributed by atoms with E-state index in [1.165, 1.54) is 31.3 Å². The minimum absolute atomic E-state index is 0.0466. The molecule has 0 radical (unpaired) electrons. The third-order valence-electron chi connectivity index (χ3n) is 4.07. The van der Waals surface area contributed by atoms with E-state index in [1.54, 1.807) is 0 Å². The number of allylic oxidation sites excluding steroid dienone is 1. The van der Waals surface area contributed by atoms with Crippen LogP contribution in [-0.2, 0) is 4.79 Å². The van der Waals surface area contributed by atoms with Gasteiger partial charge in [0.25, 0.3) is 0 Å². The minimum Gasteiger partial charge on any atom is -0.355 e. The van der Waals surface area contributed by atoms with E-state index < -0.39 is 0 Å². The van der Waals surface area contributed by atoms with Gasteiger partial charge < -0.3 is 10.6 Å². The van der Waals surface area contributed by atoms with Crippen molar-refractivity contribution in [1.29, 1.82) is 0 Å². The van der Waals surface area contributed by atoms with Gasteiger partial charge in [0.2, 0.25) is 5.91 Å². The van der Waals surface area contributed by atoms with Gasteiger partial charge in [-0.15, -0.1) is 0 Å². The molecule has 0 heterocycles. The third kappa shape index (κ3) is 5.82. The fourth-order valence-corrected chi connectivity index (χ4v) is 2.89. The van der Waals surface area contributed by atoms with Crippen molar-refractivity contribution < 1.29 is 4.79 Å². The van der Waals surface area contributed by atoms with Crippen molar-refractivity contribution in [2.75, 3.05) is 13.1 Å². The monoisotopic (exact) mass is 320 g/mol. The SMILES string of the molecule is CC(NCC(=O)NCCC1=CCCCC1)c1cccc(Cl)c1. The van der Waals surface area contributed by atoms with Crippen LogP contribution in [0.15, 0.2) is 35.9 Å². The van der Waals surface area contributed by atoms with Crippen LogP contribution in [0.2, 0.25) is 5.02 Å². The topological polar surface area (TPSA) is 41.1 Å². The Morgan fingerprint density at radius 3 is 2.95 bits per heavy atom. The van der Waals surface area contributed by atoms with Gasteiger partial charge in [-0.25, -0.2) is 0 Å². The zero-order chi connectivity index (χ0) is 15.8. The van der Waals surface area contributed by atoms with E-state index in [2.05, 4.69) is 16.7 Å². The Bertz CT molecular complexity index is 528. The highest BCUT2D eigenvalue weighted by molar-refractivity contribution is 6.30. The maximum atomic E-state index is 11.9. The number of hydrogen-bond donors (Lipinski definition) is 2. The smallest absolute Gasteiger partial charge is 0.233 e. The van der Waals surface area contributed by atoms with Crippen LogP contribution in [0.3, 0.4) is 0 Å². The number of halogens is 1. The maximum absolute atomic E-state index is 11.9. The molecule has 3 nitrogen and oxygen atoms in total. The Labute approximate surface area is 138 Å². The minimum atomic E-state index is 0.0466. The van der Waals surface area contributed by atoms with Crippen LogP contribution in [0, 0.1) is 0 Å². The first-order valence-corrected chi connectivity index (χ1v) is 8.46. The Morgan fingerprint density at radius 2 is 2.23 bits per heavy atom. The average molecular weight is 321 g/mol. The van der Waals surface area contributed by atoms with Gasteiger partial charge in [-0.05, 0) is 56.7 Å². The highest BCUT2D eigenvalue weighted by Crippen LogP contribution is 2.19. The van der Waals surface area contributed by atoms with Crippen LogP contribution in [0.5, 0.6) is 0 Å². The van der Waals surface area contributed by atoms with Crippen molar-refractivity contribution in [2.45, 2.75) is 45.1 Å². The van der Waals surface area contributed by atoms with E-state index in [4.69, 9.17) is 11.6 Å². The van der Waals surface area contributed by atoms with Gasteiger partial charge in [-0.2, -0.15) is 0 Å². The lowest BCUT2D eigenvalue weighted by Gasteiger charge is -2.15. The van der Waals surface area contributed by atoms with Crippen LogP contribution < -0.4 is 10.6 Å². The molecule has 1 amide bonds. The molecule has 2 rings (SSSR count). The molecule has 22 heavy (non-hydrogen) atoms. The summed E-state index contributed by atoms with van der Waals surface area (Å²) < 4.78 is 0. The Kier molecular flexibility index (Phi) is 6.94. The standard InChI is InChI=1S/C18H25ClN2O/c1-14(16-8-5-9-17(19)12-16)21-13-18(22)20-11-10-15-6-3-2-4-7-15/h5-6,8-9,12,14,21H,2-4,7,10-11,13H2,1H3,(H,20,22). The summed E-state index contributed by atoms with van der Waals surface area (Å²) in [5, 5.41) is 6.93. The Balaban J connectivity index is 1.65. The van der Waals surface area contributed by atoms with Crippen LogP contribution in [0.4, 0.5) is 0 Å². The van der Waals surface area contributed by atoms with Crippen molar-refractivity contribution in [2.24, 2.45) is 0 Å². The highest BCUT2D eigenvalue weighted by Gasteiger charge is 2.08. The first kappa shape index (κ1) is 17.0. The van der Waals surface area contributed by atoms with Gasteiger partial charge in [-0.1, -0.05) is 35.4 Å². The summed E-state index contributed by atoms with van der Waals surface area (Å²) in [6.45, 7) is 3.09. The van der Waals surface area contributed by atoms with Crippen LogP contribution in [0.1, 0.15) is 50.6 Å². The fraction of sp³-hybridized carbons (Fsp3) is 0.500. The largest absolute Gasteiger partial charge is 0.355 e. The lowest BCUT2D eigenvalue weighted by molar-refractivity contribution is -0.120. The molecular formula is C18H25ClN2O. The fourth-order valence-electron chi connectivity index (χ4n) is 2.70. The summed E-state index contributed by atoms with van der Waals surface area (Å²) in [4.78, 5) is 11.9. The summed E-state index contributed by atoms with van der Waals surface area (Å²) in [5.41, 5.74) is 2.58. The Hall–Kier alpha value is -1.32. The van der Waals surface area contributed by atoms with Crippen LogP contribution in [0.25, 0.3) is 0 Å². The van der Waals surface area contributed by atoms with Crippen molar-refractivity contribution in [3.05, 3.63) is 46.5 Å². The summed E-state index contributed by atoms with van der Waals surface area (Å²) in [7, 11) is 0. The second kappa shape index (κ2) is 8.96. The lowest BCUT2D eigenvalue weighted by atomic mass is 9.97. The number of carbonyl (C=O) groups excluding carboxylic acids is 1. The zero-order valence-corrected chi connectivity index (χ0v) is 14.0. The van der Waals surface area contributed by atoms with Crippen LogP contribution >= 0.6 is 11.6 Å². The van der Waals surface area contributed by atoms with E-state index in [0.29, 0.717) is 6.54 Å². The third-order valence-corrected chi connectivity index (χ3v) is 4.31. The number of rotatable bonds is 7. The van der Waals surface area contributed by atoms with Gasteiger partial charge >= 0.3 is 0 Å². The maximum Gasteiger partial charge on any atom is 0.233 e. The Morgan fingerprint density at radius 1 is 1.36 bits per heavy atom. The molecule has 1 atom stereocenters. The van der Waals surface area contributed by atoms with E-state index in [-0.39, 0.29) is 11.9 Å². The number of hydrogen-bond acceptors (Lipinski definition) is 2. The second-order valence-electron chi connectivity index (χ2n) is 5.87. The molecule has 1 aliphatic carbocycles. The van der Waals surface area contributed by atoms with Crippen molar-refractivity contribution in [1.82, 2.24) is 10.6 Å². The first-order valence-electron chi connectivity index (χ1n) is 8.08. The molecule has 0 saturated heterocycles. The van der Waals surface area contributed by atoms with E-state index >= 15 is 0 Å². The summed E-state index contributed by atoms with van der Waals surface area (Å²) >= 11 is 5.98. The zero-order valence-electron chi connectivity index (χ0n) is 13.2. The van der Waals surface area contributed by atoms with Gasteiger partial charge in [-0.3, -0.25) is 4.79 Å². The summed E-state index contributed by atoms with van der Waals surface area (Å²) in [5.74, 6) is 0.0466. The molecule has 0 saturated carbocycles. The molecule has 2 N–H and O–H groups in total. The molecule has 0 fully saturated rings. The van der Waals surface area contributed by atoms with Gasteiger partial charge in [0.1, 0.15) is 0 Å². The molecule has 1 aromatic rings. The number of amides is 1. The predicted molar refractivity (Wildman–Crippen MR) is 92.0 cm³/mol. The van der Waals surface area contributed by atoms with Crippen molar-refractivity contribution in [3.63, 3.8) is 0 Å². The van der Waals surface area contributed by atoms with Gasteiger partial charge in [0.15, 0.2) is 0 Å². The first-order chi connectivity index (χ1) is 10.6.